The zero-order valence-corrected chi connectivity index (χ0v) is 14.1. The molecule has 0 saturated heterocycles. The van der Waals surface area contributed by atoms with Crippen LogP contribution in [0.3, 0.4) is 0 Å². The number of rotatable bonds is 3. The molecule has 0 radical (unpaired) electrons. The van der Waals surface area contributed by atoms with Crippen LogP contribution in [0.1, 0.15) is 30.4 Å². The van der Waals surface area contributed by atoms with E-state index in [9.17, 15) is 13.2 Å². The molecule has 2 aliphatic rings. The third kappa shape index (κ3) is 2.29. The minimum atomic E-state index is -3.63. The standard InChI is InChI=1S/C18H18N2O3S/c1-12-16-11-14(19-24(22,23)15-7-3-2-4-8-15)10-13-6-5-9-20(17(13)16)18(12)21/h2-4,7-8,10-12,19H,5-6,9H2,1H3/t12-/m1/s1. The van der Waals surface area contributed by atoms with Crippen molar-refractivity contribution in [1.29, 1.82) is 0 Å². The molecule has 2 aliphatic heterocycles. The predicted octanol–water partition coefficient (Wildman–Crippen LogP) is 2.88. The Balaban J connectivity index is 1.76. The first-order chi connectivity index (χ1) is 11.5. The van der Waals surface area contributed by atoms with Crippen molar-refractivity contribution in [3.8, 4) is 0 Å². The van der Waals surface area contributed by atoms with E-state index in [2.05, 4.69) is 4.72 Å². The molecule has 0 saturated carbocycles. The van der Waals surface area contributed by atoms with E-state index in [1.54, 1.807) is 36.4 Å². The second-order valence-corrected chi connectivity index (χ2v) is 7.99. The van der Waals surface area contributed by atoms with Gasteiger partial charge in [-0.2, -0.15) is 0 Å². The lowest BCUT2D eigenvalue weighted by Crippen LogP contribution is -2.32. The van der Waals surface area contributed by atoms with E-state index in [-0.39, 0.29) is 16.7 Å². The smallest absolute Gasteiger partial charge is 0.261 e. The van der Waals surface area contributed by atoms with Gasteiger partial charge in [0.15, 0.2) is 0 Å². The van der Waals surface area contributed by atoms with Crippen molar-refractivity contribution in [2.45, 2.75) is 30.6 Å². The molecule has 6 heteroatoms. The summed E-state index contributed by atoms with van der Waals surface area (Å²) in [5, 5.41) is 0. The highest BCUT2D eigenvalue weighted by molar-refractivity contribution is 7.92. The van der Waals surface area contributed by atoms with Crippen LogP contribution in [0.4, 0.5) is 11.4 Å². The second-order valence-electron chi connectivity index (χ2n) is 6.31. The summed E-state index contributed by atoms with van der Waals surface area (Å²) in [6.07, 6.45) is 1.76. The fraction of sp³-hybridized carbons (Fsp3) is 0.278. The number of nitrogens with one attached hydrogen (secondary N) is 1. The zero-order chi connectivity index (χ0) is 16.9. The third-order valence-corrected chi connectivity index (χ3v) is 6.12. The lowest BCUT2D eigenvalue weighted by atomic mass is 9.96. The van der Waals surface area contributed by atoms with Gasteiger partial charge in [0.1, 0.15) is 0 Å². The molecule has 5 nitrogen and oxygen atoms in total. The summed E-state index contributed by atoms with van der Waals surface area (Å²) in [5.41, 5.74) is 3.47. The summed E-state index contributed by atoms with van der Waals surface area (Å²) in [7, 11) is -3.63. The van der Waals surface area contributed by atoms with Gasteiger partial charge in [-0.05, 0) is 55.2 Å². The third-order valence-electron chi connectivity index (χ3n) is 4.72. The molecule has 0 spiro atoms. The van der Waals surface area contributed by atoms with Crippen LogP contribution in [0.25, 0.3) is 0 Å². The number of hydrogen-bond acceptors (Lipinski definition) is 3. The molecular formula is C18H18N2O3S. The maximum absolute atomic E-state index is 12.5. The van der Waals surface area contributed by atoms with Gasteiger partial charge < -0.3 is 4.90 Å². The maximum Gasteiger partial charge on any atom is 0.261 e. The molecule has 2 aromatic rings. The van der Waals surface area contributed by atoms with Crippen molar-refractivity contribution in [2.24, 2.45) is 0 Å². The van der Waals surface area contributed by atoms with Crippen LogP contribution in [0.15, 0.2) is 47.4 Å². The van der Waals surface area contributed by atoms with Crippen molar-refractivity contribution in [3.63, 3.8) is 0 Å². The van der Waals surface area contributed by atoms with Crippen LogP contribution in [-0.2, 0) is 21.2 Å². The van der Waals surface area contributed by atoms with Crippen molar-refractivity contribution in [2.75, 3.05) is 16.2 Å². The van der Waals surface area contributed by atoms with E-state index in [1.165, 1.54) is 0 Å². The number of carbonyl (C=O) groups is 1. The van der Waals surface area contributed by atoms with Crippen LogP contribution < -0.4 is 9.62 Å². The van der Waals surface area contributed by atoms with Crippen molar-refractivity contribution in [3.05, 3.63) is 53.6 Å². The Kier molecular flexibility index (Phi) is 3.38. The molecule has 0 fully saturated rings. The van der Waals surface area contributed by atoms with Crippen LogP contribution in [0, 0.1) is 0 Å². The van der Waals surface area contributed by atoms with Gasteiger partial charge in [-0.3, -0.25) is 9.52 Å². The molecule has 0 aromatic heterocycles. The summed E-state index contributed by atoms with van der Waals surface area (Å²) in [5.74, 6) is -0.118. The van der Waals surface area contributed by atoms with Gasteiger partial charge in [0.2, 0.25) is 5.91 Å². The Hall–Kier alpha value is -2.34. The summed E-state index contributed by atoms with van der Waals surface area (Å²) in [4.78, 5) is 14.5. The van der Waals surface area contributed by atoms with E-state index in [0.29, 0.717) is 5.69 Å². The van der Waals surface area contributed by atoms with Gasteiger partial charge in [0.25, 0.3) is 10.0 Å². The zero-order valence-electron chi connectivity index (χ0n) is 13.3. The molecule has 1 N–H and O–H groups in total. The molecule has 2 aromatic carbocycles. The monoisotopic (exact) mass is 342 g/mol. The number of hydrogen-bond donors (Lipinski definition) is 1. The second kappa shape index (κ2) is 5.34. The first-order valence-electron chi connectivity index (χ1n) is 8.03. The van der Waals surface area contributed by atoms with E-state index < -0.39 is 10.0 Å². The van der Waals surface area contributed by atoms with Crippen LogP contribution in [0.2, 0.25) is 0 Å². The Morgan fingerprint density at radius 2 is 1.92 bits per heavy atom. The normalized spacial score (nSPS) is 19.3. The Labute approximate surface area is 141 Å². The molecule has 124 valence electrons. The molecule has 1 amide bonds. The largest absolute Gasteiger partial charge is 0.311 e. The lowest BCUT2D eigenvalue weighted by molar-refractivity contribution is -0.119. The Bertz CT molecular complexity index is 923. The molecule has 24 heavy (non-hydrogen) atoms. The number of nitrogens with zero attached hydrogens (tertiary/aromatic N) is 1. The molecular weight excluding hydrogens is 324 g/mol. The van der Waals surface area contributed by atoms with Gasteiger partial charge in [-0.15, -0.1) is 0 Å². The number of carbonyl (C=O) groups excluding carboxylic acids is 1. The van der Waals surface area contributed by atoms with E-state index in [0.717, 1.165) is 36.2 Å². The first-order valence-corrected chi connectivity index (χ1v) is 9.52. The highest BCUT2D eigenvalue weighted by Crippen LogP contribution is 2.44. The van der Waals surface area contributed by atoms with Gasteiger partial charge in [-0.25, -0.2) is 8.42 Å². The van der Waals surface area contributed by atoms with E-state index >= 15 is 0 Å². The van der Waals surface area contributed by atoms with Gasteiger partial charge in [0, 0.05) is 12.2 Å². The molecule has 0 unspecified atom stereocenters. The lowest BCUT2D eigenvalue weighted by Gasteiger charge is -2.26. The summed E-state index contributed by atoms with van der Waals surface area (Å²) < 4.78 is 27.7. The van der Waals surface area contributed by atoms with Crippen LogP contribution >= 0.6 is 0 Å². The Morgan fingerprint density at radius 3 is 2.67 bits per heavy atom. The quantitative estimate of drug-likeness (QED) is 0.933. The van der Waals surface area contributed by atoms with E-state index in [4.69, 9.17) is 0 Å². The highest BCUT2D eigenvalue weighted by Gasteiger charge is 2.38. The SMILES string of the molecule is C[C@H]1C(=O)N2CCCc3cc(NS(=O)(=O)c4ccccc4)cc1c32. The fourth-order valence-electron chi connectivity index (χ4n) is 3.57. The van der Waals surface area contributed by atoms with Gasteiger partial charge in [-0.1, -0.05) is 18.2 Å². The van der Waals surface area contributed by atoms with Crippen molar-refractivity contribution < 1.29 is 13.2 Å². The fourth-order valence-corrected chi connectivity index (χ4v) is 4.63. The number of benzene rings is 2. The molecule has 0 bridgehead atoms. The molecule has 0 aliphatic carbocycles. The molecule has 1 atom stereocenters. The number of sulfonamides is 1. The molecule has 2 heterocycles. The average molecular weight is 342 g/mol. The summed E-state index contributed by atoms with van der Waals surface area (Å²) in [6, 6.07) is 11.9. The van der Waals surface area contributed by atoms with Crippen LogP contribution in [0.5, 0.6) is 0 Å². The summed E-state index contributed by atoms with van der Waals surface area (Å²) in [6.45, 7) is 2.63. The predicted molar refractivity (Wildman–Crippen MR) is 92.8 cm³/mol. The maximum atomic E-state index is 12.5. The van der Waals surface area contributed by atoms with Crippen molar-refractivity contribution >= 4 is 27.3 Å². The van der Waals surface area contributed by atoms with Gasteiger partial charge in [0.05, 0.1) is 16.5 Å². The summed E-state index contributed by atoms with van der Waals surface area (Å²) >= 11 is 0. The minimum Gasteiger partial charge on any atom is -0.311 e. The van der Waals surface area contributed by atoms with Crippen LogP contribution in [-0.4, -0.2) is 20.9 Å². The van der Waals surface area contributed by atoms with Crippen molar-refractivity contribution in [1.82, 2.24) is 0 Å². The number of anilines is 2. The number of amides is 1. The van der Waals surface area contributed by atoms with Gasteiger partial charge >= 0.3 is 0 Å². The number of aryl methyl sites for hydroxylation is 1. The topological polar surface area (TPSA) is 66.5 Å². The van der Waals surface area contributed by atoms with E-state index in [1.807, 2.05) is 17.9 Å². The first kappa shape index (κ1) is 15.2. The highest BCUT2D eigenvalue weighted by atomic mass is 32.2. The minimum absolute atomic E-state index is 0.106. The molecule has 4 rings (SSSR count). The average Bonchev–Trinajstić information content (AvgIpc) is 2.82. The Morgan fingerprint density at radius 1 is 1.17 bits per heavy atom.